The van der Waals surface area contributed by atoms with Crippen molar-refractivity contribution in [2.75, 3.05) is 13.7 Å². The summed E-state index contributed by atoms with van der Waals surface area (Å²) in [4.78, 5) is 14.3. The molecule has 2 atom stereocenters. The molecule has 0 aromatic carbocycles. The fourth-order valence-electron chi connectivity index (χ4n) is 3.97. The summed E-state index contributed by atoms with van der Waals surface area (Å²) in [6, 6.07) is 0.288. The van der Waals surface area contributed by atoms with Crippen LogP contribution in [0.15, 0.2) is 5.38 Å². The number of hydrogen-bond acceptors (Lipinski definition) is 5. The second-order valence-electron chi connectivity index (χ2n) is 5.84. The minimum absolute atomic E-state index is 0.00928. The number of amides is 1. The molecule has 6 heteroatoms. The largest absolute Gasteiger partial charge is 0.378 e. The molecule has 0 bridgehead atoms. The SMILES string of the molecule is CCO[C@H]1C[C@@H](N(C)C(=O)c2csnn2)C12CCCC2. The number of carbonyl (C=O) groups excluding carboxylic acids is 1. The molecule has 1 aromatic rings. The Labute approximate surface area is 123 Å². The lowest BCUT2D eigenvalue weighted by Crippen LogP contribution is -2.64. The molecular weight excluding hydrogens is 274 g/mol. The van der Waals surface area contributed by atoms with E-state index in [1.807, 2.05) is 18.9 Å². The summed E-state index contributed by atoms with van der Waals surface area (Å²) in [5, 5.41) is 5.62. The van der Waals surface area contributed by atoms with Crippen LogP contribution in [-0.2, 0) is 4.74 Å². The third-order valence-corrected chi connectivity index (χ3v) is 5.52. The van der Waals surface area contributed by atoms with Crippen LogP contribution < -0.4 is 0 Å². The van der Waals surface area contributed by atoms with E-state index in [0.717, 1.165) is 13.0 Å². The zero-order valence-corrected chi connectivity index (χ0v) is 12.9. The summed E-state index contributed by atoms with van der Waals surface area (Å²) in [6.45, 7) is 2.80. The van der Waals surface area contributed by atoms with Gasteiger partial charge in [0.1, 0.15) is 0 Å². The average molecular weight is 295 g/mol. The van der Waals surface area contributed by atoms with E-state index in [1.165, 1.54) is 37.2 Å². The molecule has 110 valence electrons. The first-order valence-electron chi connectivity index (χ1n) is 7.35. The van der Waals surface area contributed by atoms with Crippen molar-refractivity contribution in [3.8, 4) is 0 Å². The summed E-state index contributed by atoms with van der Waals surface area (Å²) in [5.74, 6) is -0.00928. The third kappa shape index (κ3) is 2.05. The predicted molar refractivity (Wildman–Crippen MR) is 76.7 cm³/mol. The molecule has 2 aliphatic rings. The Morgan fingerprint density at radius 3 is 2.90 bits per heavy atom. The van der Waals surface area contributed by atoms with E-state index in [9.17, 15) is 4.79 Å². The lowest BCUT2D eigenvalue weighted by atomic mass is 9.60. The van der Waals surface area contributed by atoms with Crippen LogP contribution in [-0.4, -0.2) is 46.2 Å². The minimum atomic E-state index is -0.00928. The van der Waals surface area contributed by atoms with Crippen molar-refractivity contribution in [2.45, 2.75) is 51.2 Å². The van der Waals surface area contributed by atoms with Gasteiger partial charge in [0, 0.05) is 30.5 Å². The molecule has 2 fully saturated rings. The van der Waals surface area contributed by atoms with Gasteiger partial charge in [-0.15, -0.1) is 5.10 Å². The summed E-state index contributed by atoms with van der Waals surface area (Å²) in [5.41, 5.74) is 0.648. The van der Waals surface area contributed by atoms with Gasteiger partial charge in [0.25, 0.3) is 5.91 Å². The second kappa shape index (κ2) is 5.41. The van der Waals surface area contributed by atoms with Crippen LogP contribution in [0.3, 0.4) is 0 Å². The van der Waals surface area contributed by atoms with E-state index in [0.29, 0.717) is 11.8 Å². The Balaban J connectivity index is 1.75. The number of carbonyl (C=O) groups is 1. The van der Waals surface area contributed by atoms with Crippen LogP contribution in [0.1, 0.15) is 49.5 Å². The standard InChI is InChI=1S/C14H21N3O2S/c1-3-19-12-8-11(14(12)6-4-5-7-14)17(2)13(18)10-9-20-16-15-10/h9,11-12H,3-8H2,1-2H3/t11-,12+/m1/s1. The fraction of sp³-hybridized carbons (Fsp3) is 0.786. The molecule has 0 N–H and O–H groups in total. The van der Waals surface area contributed by atoms with Crippen molar-refractivity contribution < 1.29 is 9.53 Å². The molecular formula is C14H21N3O2S. The van der Waals surface area contributed by atoms with Crippen LogP contribution >= 0.6 is 11.5 Å². The van der Waals surface area contributed by atoms with Gasteiger partial charge >= 0.3 is 0 Å². The highest BCUT2D eigenvalue weighted by atomic mass is 32.1. The van der Waals surface area contributed by atoms with Crippen LogP contribution in [0.2, 0.25) is 0 Å². The van der Waals surface area contributed by atoms with Gasteiger partial charge in [0.15, 0.2) is 5.69 Å². The monoisotopic (exact) mass is 295 g/mol. The quantitative estimate of drug-likeness (QED) is 0.855. The maximum absolute atomic E-state index is 12.4. The van der Waals surface area contributed by atoms with Crippen LogP contribution in [0.4, 0.5) is 0 Å². The van der Waals surface area contributed by atoms with Crippen LogP contribution in [0.25, 0.3) is 0 Å². The molecule has 20 heavy (non-hydrogen) atoms. The van der Waals surface area contributed by atoms with E-state index in [2.05, 4.69) is 9.59 Å². The first kappa shape index (κ1) is 13.9. The second-order valence-corrected chi connectivity index (χ2v) is 6.45. The third-order valence-electron chi connectivity index (χ3n) is 5.01. The predicted octanol–water partition coefficient (Wildman–Crippen LogP) is 2.35. The van der Waals surface area contributed by atoms with Gasteiger partial charge in [0.2, 0.25) is 0 Å². The first-order valence-corrected chi connectivity index (χ1v) is 8.18. The zero-order valence-electron chi connectivity index (χ0n) is 12.0. The zero-order chi connectivity index (χ0) is 14.2. The molecule has 2 saturated carbocycles. The Hall–Kier alpha value is -1.01. The Morgan fingerprint density at radius 1 is 1.55 bits per heavy atom. The normalized spacial score (nSPS) is 27.5. The van der Waals surface area contributed by atoms with Crippen molar-refractivity contribution in [3.63, 3.8) is 0 Å². The van der Waals surface area contributed by atoms with E-state index in [1.54, 1.807) is 5.38 Å². The molecule has 2 aliphatic carbocycles. The van der Waals surface area contributed by atoms with Crippen molar-refractivity contribution in [3.05, 3.63) is 11.1 Å². The van der Waals surface area contributed by atoms with Gasteiger partial charge < -0.3 is 9.64 Å². The van der Waals surface area contributed by atoms with Gasteiger partial charge in [-0.25, -0.2) is 0 Å². The Bertz CT molecular complexity index is 471. The summed E-state index contributed by atoms with van der Waals surface area (Å²) < 4.78 is 9.68. The highest BCUT2D eigenvalue weighted by molar-refractivity contribution is 7.03. The molecule has 1 aromatic heterocycles. The van der Waals surface area contributed by atoms with Gasteiger partial charge in [-0.3, -0.25) is 4.79 Å². The Morgan fingerprint density at radius 2 is 2.30 bits per heavy atom. The number of aromatic nitrogens is 2. The smallest absolute Gasteiger partial charge is 0.275 e. The molecule has 5 nitrogen and oxygen atoms in total. The van der Waals surface area contributed by atoms with E-state index in [4.69, 9.17) is 4.74 Å². The molecule has 0 unspecified atom stereocenters. The van der Waals surface area contributed by atoms with Crippen molar-refractivity contribution in [2.24, 2.45) is 5.41 Å². The Kier molecular flexibility index (Phi) is 3.77. The minimum Gasteiger partial charge on any atom is -0.378 e. The molecule has 0 radical (unpaired) electrons. The molecule has 1 amide bonds. The van der Waals surface area contributed by atoms with Gasteiger partial charge in [-0.1, -0.05) is 17.3 Å². The maximum Gasteiger partial charge on any atom is 0.275 e. The summed E-state index contributed by atoms with van der Waals surface area (Å²) in [7, 11) is 1.90. The maximum atomic E-state index is 12.4. The van der Waals surface area contributed by atoms with Crippen molar-refractivity contribution in [1.29, 1.82) is 0 Å². The average Bonchev–Trinajstić information content (AvgIpc) is 3.13. The van der Waals surface area contributed by atoms with Crippen molar-refractivity contribution >= 4 is 17.4 Å². The van der Waals surface area contributed by atoms with E-state index < -0.39 is 0 Å². The van der Waals surface area contributed by atoms with Crippen molar-refractivity contribution in [1.82, 2.24) is 14.5 Å². The van der Waals surface area contributed by atoms with Gasteiger partial charge in [0.05, 0.1) is 6.10 Å². The van der Waals surface area contributed by atoms with Gasteiger partial charge in [-0.05, 0) is 37.7 Å². The van der Waals surface area contributed by atoms with Gasteiger partial charge in [-0.2, -0.15) is 0 Å². The fourth-order valence-corrected chi connectivity index (χ4v) is 4.40. The molecule has 1 spiro atoms. The van der Waals surface area contributed by atoms with E-state index in [-0.39, 0.29) is 17.4 Å². The lowest BCUT2D eigenvalue weighted by Gasteiger charge is -2.56. The van der Waals surface area contributed by atoms with E-state index >= 15 is 0 Å². The highest BCUT2D eigenvalue weighted by Gasteiger charge is 2.58. The highest BCUT2D eigenvalue weighted by Crippen LogP contribution is 2.56. The van der Waals surface area contributed by atoms with Crippen LogP contribution in [0.5, 0.6) is 0 Å². The topological polar surface area (TPSA) is 55.3 Å². The number of ether oxygens (including phenoxy) is 1. The first-order chi connectivity index (χ1) is 9.69. The summed E-state index contributed by atoms with van der Waals surface area (Å²) >= 11 is 1.22. The molecule has 3 rings (SSSR count). The van der Waals surface area contributed by atoms with Crippen LogP contribution in [0, 0.1) is 5.41 Å². The number of rotatable bonds is 4. The molecule has 1 heterocycles. The molecule has 0 aliphatic heterocycles. The summed E-state index contributed by atoms with van der Waals surface area (Å²) in [6.07, 6.45) is 6.13. The number of hydrogen-bond donors (Lipinski definition) is 0. The lowest BCUT2D eigenvalue weighted by molar-refractivity contribution is -0.152. The number of nitrogens with zero attached hydrogens (tertiary/aromatic N) is 3. The molecule has 0 saturated heterocycles.